The summed E-state index contributed by atoms with van der Waals surface area (Å²) < 4.78 is 15.6. The maximum Gasteiger partial charge on any atom is 0.248 e. The quantitative estimate of drug-likeness (QED) is 0.690. The first-order valence-corrected chi connectivity index (χ1v) is 8.85. The first-order chi connectivity index (χ1) is 13.1. The second-order valence-electron chi connectivity index (χ2n) is 6.13. The summed E-state index contributed by atoms with van der Waals surface area (Å²) in [5.74, 6) is 1.19. The summed E-state index contributed by atoms with van der Waals surface area (Å²) >= 11 is 5.81. The Bertz CT molecular complexity index is 820. The summed E-state index contributed by atoms with van der Waals surface area (Å²) in [6, 6.07) is 11.0. The molecule has 0 spiro atoms. The van der Waals surface area contributed by atoms with Crippen molar-refractivity contribution in [3.63, 3.8) is 0 Å². The normalized spacial score (nSPS) is 16.0. The van der Waals surface area contributed by atoms with Gasteiger partial charge in [0.05, 0.1) is 13.7 Å². The van der Waals surface area contributed by atoms with Crippen LogP contribution >= 0.6 is 11.6 Å². The van der Waals surface area contributed by atoms with Gasteiger partial charge >= 0.3 is 0 Å². The molecule has 1 unspecified atom stereocenters. The van der Waals surface area contributed by atoms with Crippen molar-refractivity contribution in [1.29, 1.82) is 0 Å². The van der Waals surface area contributed by atoms with Gasteiger partial charge in [0.2, 0.25) is 5.91 Å². The van der Waals surface area contributed by atoms with E-state index in [2.05, 4.69) is 5.16 Å². The van der Waals surface area contributed by atoms with Crippen molar-refractivity contribution in [2.24, 2.45) is 5.16 Å². The van der Waals surface area contributed by atoms with Crippen molar-refractivity contribution in [3.8, 4) is 5.75 Å². The number of ether oxygens (including phenoxy) is 2. The molecule has 1 aliphatic heterocycles. The fraction of sp³-hybridized carbons (Fsp3) is 0.368. The molecule has 1 aromatic heterocycles. The van der Waals surface area contributed by atoms with E-state index in [4.69, 9.17) is 30.3 Å². The van der Waals surface area contributed by atoms with Crippen molar-refractivity contribution in [2.45, 2.75) is 19.1 Å². The minimum Gasteiger partial charge on any atom is -0.497 e. The molecule has 0 fully saturated rings. The number of rotatable bonds is 8. The molecule has 0 saturated carbocycles. The predicted molar refractivity (Wildman–Crippen MR) is 100 cm³/mol. The fourth-order valence-corrected chi connectivity index (χ4v) is 2.99. The van der Waals surface area contributed by atoms with Crippen LogP contribution in [0, 0.1) is 0 Å². The molecule has 1 aromatic carbocycles. The molecule has 0 radical (unpaired) electrons. The number of halogens is 1. The standard InChI is InChI=1S/C19H21ClN2O5/c1-24-12-19(23)22(10-13-4-3-5-14(8-13)25-2)11-15-9-16(21-27-15)17-6-7-18(20)26-17/h3-8,15H,9-12H2,1-2H3. The van der Waals surface area contributed by atoms with Crippen LogP contribution in [0.15, 0.2) is 46.0 Å². The Morgan fingerprint density at radius 3 is 2.89 bits per heavy atom. The summed E-state index contributed by atoms with van der Waals surface area (Å²) in [5, 5.41) is 4.37. The van der Waals surface area contributed by atoms with Gasteiger partial charge in [-0.2, -0.15) is 0 Å². The second kappa shape index (κ2) is 8.92. The SMILES string of the molecule is COCC(=O)N(Cc1cccc(OC)c1)CC1CC(c2ccc(Cl)o2)=NO1. The van der Waals surface area contributed by atoms with Crippen molar-refractivity contribution in [1.82, 2.24) is 4.90 Å². The zero-order valence-corrected chi connectivity index (χ0v) is 15.9. The third-order valence-corrected chi connectivity index (χ3v) is 4.35. The van der Waals surface area contributed by atoms with E-state index < -0.39 is 0 Å². The van der Waals surface area contributed by atoms with E-state index in [0.717, 1.165) is 11.3 Å². The lowest BCUT2D eigenvalue weighted by Crippen LogP contribution is -2.39. The van der Waals surface area contributed by atoms with Crippen LogP contribution < -0.4 is 4.74 Å². The Labute approximate surface area is 162 Å². The number of nitrogens with zero attached hydrogens (tertiary/aromatic N) is 2. The van der Waals surface area contributed by atoms with Gasteiger partial charge in [0.15, 0.2) is 17.1 Å². The number of carbonyl (C=O) groups excluding carboxylic acids is 1. The van der Waals surface area contributed by atoms with Gasteiger partial charge in [-0.1, -0.05) is 17.3 Å². The summed E-state index contributed by atoms with van der Waals surface area (Å²) in [7, 11) is 3.11. The second-order valence-corrected chi connectivity index (χ2v) is 6.50. The lowest BCUT2D eigenvalue weighted by Gasteiger charge is -2.25. The van der Waals surface area contributed by atoms with Crippen molar-refractivity contribution in [2.75, 3.05) is 27.4 Å². The van der Waals surface area contributed by atoms with Crippen LogP contribution in [0.2, 0.25) is 5.22 Å². The molecular weight excluding hydrogens is 372 g/mol. The van der Waals surface area contributed by atoms with Crippen molar-refractivity contribution in [3.05, 3.63) is 52.9 Å². The Hall–Kier alpha value is -2.51. The summed E-state index contributed by atoms with van der Waals surface area (Å²) in [6.45, 7) is 0.792. The average Bonchev–Trinajstić information content (AvgIpc) is 3.30. The molecule has 1 atom stereocenters. The maximum absolute atomic E-state index is 12.5. The number of furan rings is 1. The highest BCUT2D eigenvalue weighted by atomic mass is 35.5. The first-order valence-electron chi connectivity index (χ1n) is 8.47. The Morgan fingerprint density at radius 1 is 1.33 bits per heavy atom. The van der Waals surface area contributed by atoms with E-state index in [1.165, 1.54) is 7.11 Å². The van der Waals surface area contributed by atoms with Gasteiger partial charge in [0.25, 0.3) is 0 Å². The highest BCUT2D eigenvalue weighted by Crippen LogP contribution is 2.22. The van der Waals surface area contributed by atoms with E-state index in [-0.39, 0.29) is 18.6 Å². The summed E-state index contributed by atoms with van der Waals surface area (Å²) in [5.41, 5.74) is 1.63. The van der Waals surface area contributed by atoms with E-state index >= 15 is 0 Å². The molecular formula is C19H21ClN2O5. The minimum atomic E-state index is -0.268. The molecule has 0 saturated heterocycles. The van der Waals surface area contributed by atoms with Crippen molar-refractivity contribution >= 4 is 23.2 Å². The van der Waals surface area contributed by atoms with Crippen LogP contribution in [-0.2, 0) is 20.9 Å². The maximum atomic E-state index is 12.5. The molecule has 27 heavy (non-hydrogen) atoms. The Morgan fingerprint density at radius 2 is 2.19 bits per heavy atom. The number of hydrogen-bond donors (Lipinski definition) is 0. The van der Waals surface area contributed by atoms with Crippen LogP contribution in [-0.4, -0.2) is 50.0 Å². The fourth-order valence-electron chi connectivity index (χ4n) is 2.85. The summed E-state index contributed by atoms with van der Waals surface area (Å²) in [4.78, 5) is 19.7. The predicted octanol–water partition coefficient (Wildman–Crippen LogP) is 3.11. The third kappa shape index (κ3) is 5.02. The van der Waals surface area contributed by atoms with E-state index in [1.807, 2.05) is 24.3 Å². The largest absolute Gasteiger partial charge is 0.497 e. The number of methoxy groups -OCH3 is 2. The van der Waals surface area contributed by atoms with Crippen LogP contribution in [0.25, 0.3) is 0 Å². The molecule has 2 aromatic rings. The molecule has 7 nitrogen and oxygen atoms in total. The Balaban J connectivity index is 1.66. The smallest absolute Gasteiger partial charge is 0.248 e. The van der Waals surface area contributed by atoms with E-state index in [0.29, 0.717) is 36.2 Å². The molecule has 0 bridgehead atoms. The third-order valence-electron chi connectivity index (χ3n) is 4.14. The van der Waals surface area contributed by atoms with Crippen LogP contribution in [0.4, 0.5) is 0 Å². The van der Waals surface area contributed by atoms with Crippen molar-refractivity contribution < 1.29 is 23.5 Å². The molecule has 1 aliphatic rings. The molecule has 2 heterocycles. The number of carbonyl (C=O) groups is 1. The van der Waals surface area contributed by atoms with Crippen LogP contribution in [0.3, 0.4) is 0 Å². The van der Waals surface area contributed by atoms with E-state index in [9.17, 15) is 4.79 Å². The Kier molecular flexibility index (Phi) is 6.36. The van der Waals surface area contributed by atoms with Gasteiger partial charge in [-0.15, -0.1) is 0 Å². The van der Waals surface area contributed by atoms with Gasteiger partial charge in [0, 0.05) is 20.1 Å². The molecule has 0 N–H and O–H groups in total. The topological polar surface area (TPSA) is 73.5 Å². The number of hydrogen-bond acceptors (Lipinski definition) is 6. The van der Waals surface area contributed by atoms with E-state index in [1.54, 1.807) is 24.1 Å². The number of oxime groups is 1. The molecule has 144 valence electrons. The number of amides is 1. The highest BCUT2D eigenvalue weighted by Gasteiger charge is 2.28. The molecule has 3 rings (SSSR count). The molecule has 1 amide bonds. The zero-order chi connectivity index (χ0) is 19.2. The van der Waals surface area contributed by atoms with Crippen LogP contribution in [0.5, 0.6) is 5.75 Å². The monoisotopic (exact) mass is 392 g/mol. The van der Waals surface area contributed by atoms with Gasteiger partial charge < -0.3 is 23.6 Å². The minimum absolute atomic E-state index is 0.00179. The lowest BCUT2D eigenvalue weighted by atomic mass is 10.1. The highest BCUT2D eigenvalue weighted by molar-refractivity contribution is 6.29. The van der Waals surface area contributed by atoms with Gasteiger partial charge in [-0.25, -0.2) is 0 Å². The van der Waals surface area contributed by atoms with Gasteiger partial charge in [-0.3, -0.25) is 4.79 Å². The molecule has 8 heteroatoms. The zero-order valence-electron chi connectivity index (χ0n) is 15.2. The summed E-state index contributed by atoms with van der Waals surface area (Å²) in [6.07, 6.45) is 0.258. The first kappa shape index (κ1) is 19.3. The lowest BCUT2D eigenvalue weighted by molar-refractivity contribution is -0.137. The van der Waals surface area contributed by atoms with Crippen LogP contribution in [0.1, 0.15) is 17.7 Å². The van der Waals surface area contributed by atoms with Gasteiger partial charge in [-0.05, 0) is 41.4 Å². The van der Waals surface area contributed by atoms with Gasteiger partial charge in [0.1, 0.15) is 18.1 Å². The number of benzene rings is 1. The average molecular weight is 393 g/mol. The molecule has 0 aliphatic carbocycles.